The van der Waals surface area contributed by atoms with Crippen molar-refractivity contribution in [1.82, 2.24) is 14.3 Å². The smallest absolute Gasteiger partial charge is 0.416 e. The molecule has 6 nitrogen and oxygen atoms in total. The molecule has 1 aliphatic rings. The van der Waals surface area contributed by atoms with Gasteiger partial charge in [0.25, 0.3) is 0 Å². The standard InChI is InChI=1S/C19H22F3N3O3S/c1-14-9-18(24-13-23-14)28-11-15-5-7-25(8-6-15)29(26,27)12-16-3-2-4-17(10-16)19(20,21)22/h2-4,9-10,13,15H,5-8,11-12H2,1H3. The molecule has 0 spiro atoms. The van der Waals surface area contributed by atoms with E-state index in [-0.39, 0.29) is 11.5 Å². The minimum atomic E-state index is -4.50. The fourth-order valence-corrected chi connectivity index (χ4v) is 4.76. The second-order valence-corrected chi connectivity index (χ2v) is 9.07. The van der Waals surface area contributed by atoms with E-state index in [0.29, 0.717) is 38.4 Å². The number of aromatic nitrogens is 2. The summed E-state index contributed by atoms with van der Waals surface area (Å²) in [6.07, 6.45) is -1.84. The van der Waals surface area contributed by atoms with Crippen LogP contribution in [0, 0.1) is 12.8 Å². The van der Waals surface area contributed by atoms with Crippen molar-refractivity contribution in [1.29, 1.82) is 0 Å². The van der Waals surface area contributed by atoms with Gasteiger partial charge in [0.05, 0.1) is 17.9 Å². The summed E-state index contributed by atoms with van der Waals surface area (Å²) in [5, 5.41) is 0. The number of halogens is 3. The summed E-state index contributed by atoms with van der Waals surface area (Å²) in [5.41, 5.74) is 0.0796. The van der Waals surface area contributed by atoms with E-state index in [4.69, 9.17) is 4.74 Å². The van der Waals surface area contributed by atoms with E-state index in [0.717, 1.165) is 17.8 Å². The summed E-state index contributed by atoms with van der Waals surface area (Å²) in [7, 11) is -3.69. The Morgan fingerprint density at radius 1 is 1.17 bits per heavy atom. The Labute approximate surface area is 167 Å². The summed E-state index contributed by atoms with van der Waals surface area (Å²) < 4.78 is 70.8. The van der Waals surface area contributed by atoms with Crippen LogP contribution in [-0.4, -0.2) is 42.4 Å². The monoisotopic (exact) mass is 429 g/mol. The lowest BCUT2D eigenvalue weighted by molar-refractivity contribution is -0.137. The molecule has 0 unspecified atom stereocenters. The Hall–Kier alpha value is -2.20. The molecule has 0 atom stereocenters. The Morgan fingerprint density at radius 2 is 1.90 bits per heavy atom. The Bertz CT molecular complexity index is 943. The molecule has 0 N–H and O–H groups in total. The highest BCUT2D eigenvalue weighted by Gasteiger charge is 2.32. The van der Waals surface area contributed by atoms with Gasteiger partial charge in [0.2, 0.25) is 15.9 Å². The van der Waals surface area contributed by atoms with E-state index < -0.39 is 27.5 Å². The number of rotatable bonds is 6. The number of hydrogen-bond donors (Lipinski definition) is 0. The predicted molar refractivity (Wildman–Crippen MR) is 101 cm³/mol. The van der Waals surface area contributed by atoms with Crippen LogP contribution < -0.4 is 4.74 Å². The summed E-state index contributed by atoms with van der Waals surface area (Å²) in [5.74, 6) is 0.223. The van der Waals surface area contributed by atoms with Gasteiger partial charge in [-0.2, -0.15) is 13.2 Å². The molecule has 1 fully saturated rings. The highest BCUT2D eigenvalue weighted by Crippen LogP contribution is 2.30. The average Bonchev–Trinajstić information content (AvgIpc) is 2.66. The molecule has 1 aromatic heterocycles. The number of benzene rings is 1. The lowest BCUT2D eigenvalue weighted by Gasteiger charge is -2.31. The van der Waals surface area contributed by atoms with E-state index in [1.165, 1.54) is 22.8 Å². The third kappa shape index (κ3) is 5.89. The van der Waals surface area contributed by atoms with Crippen molar-refractivity contribution in [3.05, 3.63) is 53.5 Å². The summed E-state index contributed by atoms with van der Waals surface area (Å²) >= 11 is 0. The van der Waals surface area contributed by atoms with Gasteiger partial charge in [-0.3, -0.25) is 0 Å². The summed E-state index contributed by atoms with van der Waals surface area (Å²) in [4.78, 5) is 8.03. The maximum Gasteiger partial charge on any atom is 0.416 e. The number of ether oxygens (including phenoxy) is 1. The molecule has 0 aliphatic carbocycles. The molecule has 1 aliphatic heterocycles. The SMILES string of the molecule is Cc1cc(OCC2CCN(S(=O)(=O)Cc3cccc(C(F)(F)F)c3)CC2)ncn1. The molecular weight excluding hydrogens is 407 g/mol. The third-order valence-electron chi connectivity index (χ3n) is 4.82. The number of alkyl halides is 3. The maximum absolute atomic E-state index is 12.8. The lowest BCUT2D eigenvalue weighted by atomic mass is 9.99. The van der Waals surface area contributed by atoms with Gasteiger partial charge in [-0.25, -0.2) is 22.7 Å². The van der Waals surface area contributed by atoms with Crippen LogP contribution in [0.1, 0.15) is 29.7 Å². The van der Waals surface area contributed by atoms with Crippen LogP contribution in [0.25, 0.3) is 0 Å². The Kier molecular flexibility index (Phi) is 6.42. The van der Waals surface area contributed by atoms with Crippen molar-refractivity contribution >= 4 is 10.0 Å². The average molecular weight is 429 g/mol. The quantitative estimate of drug-likeness (QED) is 0.704. The van der Waals surface area contributed by atoms with Gasteiger partial charge in [0, 0.05) is 24.8 Å². The molecule has 3 rings (SSSR count). The number of nitrogens with zero attached hydrogens (tertiary/aromatic N) is 3. The van der Waals surface area contributed by atoms with Crippen LogP contribution >= 0.6 is 0 Å². The van der Waals surface area contributed by atoms with Gasteiger partial charge < -0.3 is 4.74 Å². The Morgan fingerprint density at radius 3 is 2.55 bits per heavy atom. The van der Waals surface area contributed by atoms with Crippen molar-refractivity contribution in [2.45, 2.75) is 31.7 Å². The summed E-state index contributed by atoms with van der Waals surface area (Å²) in [6, 6.07) is 6.18. The zero-order valence-corrected chi connectivity index (χ0v) is 16.7. The molecule has 0 bridgehead atoms. The van der Waals surface area contributed by atoms with Gasteiger partial charge in [-0.05, 0) is 37.3 Å². The first-order valence-corrected chi connectivity index (χ1v) is 10.8. The second-order valence-electron chi connectivity index (χ2n) is 7.11. The van der Waals surface area contributed by atoms with E-state index in [2.05, 4.69) is 9.97 Å². The summed E-state index contributed by atoms with van der Waals surface area (Å²) in [6.45, 7) is 2.90. The van der Waals surface area contributed by atoms with E-state index in [1.807, 2.05) is 6.92 Å². The molecule has 1 saturated heterocycles. The molecule has 158 valence electrons. The fraction of sp³-hybridized carbons (Fsp3) is 0.474. The zero-order valence-electron chi connectivity index (χ0n) is 15.9. The van der Waals surface area contributed by atoms with Crippen LogP contribution in [0.2, 0.25) is 0 Å². The predicted octanol–water partition coefficient (Wildman–Crippen LogP) is 3.42. The van der Waals surface area contributed by atoms with E-state index >= 15 is 0 Å². The molecule has 0 amide bonds. The highest BCUT2D eigenvalue weighted by molar-refractivity contribution is 7.88. The van der Waals surface area contributed by atoms with Gasteiger partial charge >= 0.3 is 6.18 Å². The van der Waals surface area contributed by atoms with E-state index in [1.54, 1.807) is 6.07 Å². The van der Waals surface area contributed by atoms with Crippen LogP contribution in [-0.2, 0) is 22.0 Å². The third-order valence-corrected chi connectivity index (χ3v) is 6.67. The first-order chi connectivity index (χ1) is 13.6. The number of sulfonamides is 1. The molecular formula is C19H22F3N3O3S. The van der Waals surface area contributed by atoms with Crippen LogP contribution in [0.15, 0.2) is 36.7 Å². The van der Waals surface area contributed by atoms with Gasteiger partial charge in [-0.1, -0.05) is 18.2 Å². The van der Waals surface area contributed by atoms with Crippen molar-refractivity contribution in [2.24, 2.45) is 5.92 Å². The van der Waals surface area contributed by atoms with Crippen molar-refractivity contribution in [3.8, 4) is 5.88 Å². The zero-order chi connectivity index (χ0) is 21.1. The molecule has 2 heterocycles. The normalized spacial score (nSPS) is 16.7. The molecule has 2 aromatic rings. The lowest BCUT2D eigenvalue weighted by Crippen LogP contribution is -2.40. The first-order valence-electron chi connectivity index (χ1n) is 9.19. The first kappa shape index (κ1) is 21.5. The van der Waals surface area contributed by atoms with Crippen molar-refractivity contribution in [3.63, 3.8) is 0 Å². The van der Waals surface area contributed by atoms with Crippen molar-refractivity contribution < 1.29 is 26.3 Å². The number of aryl methyl sites for hydroxylation is 1. The minimum Gasteiger partial charge on any atom is -0.477 e. The van der Waals surface area contributed by atoms with Gasteiger partial charge in [0.1, 0.15) is 6.33 Å². The van der Waals surface area contributed by atoms with Gasteiger partial charge in [0.15, 0.2) is 0 Å². The maximum atomic E-state index is 12.8. The van der Waals surface area contributed by atoms with Crippen LogP contribution in [0.5, 0.6) is 5.88 Å². The fourth-order valence-electron chi connectivity index (χ4n) is 3.21. The van der Waals surface area contributed by atoms with Gasteiger partial charge in [-0.15, -0.1) is 0 Å². The molecule has 0 saturated carbocycles. The number of piperidine rings is 1. The highest BCUT2D eigenvalue weighted by atomic mass is 32.2. The topological polar surface area (TPSA) is 72.4 Å². The molecule has 10 heteroatoms. The molecule has 1 aromatic carbocycles. The van der Waals surface area contributed by atoms with Crippen LogP contribution in [0.3, 0.4) is 0 Å². The van der Waals surface area contributed by atoms with Crippen molar-refractivity contribution in [2.75, 3.05) is 19.7 Å². The van der Waals surface area contributed by atoms with E-state index in [9.17, 15) is 21.6 Å². The second kappa shape index (κ2) is 8.66. The minimum absolute atomic E-state index is 0.129. The molecule has 0 radical (unpaired) electrons. The Balaban J connectivity index is 1.54. The molecule has 29 heavy (non-hydrogen) atoms. The van der Waals surface area contributed by atoms with Crippen LogP contribution in [0.4, 0.5) is 13.2 Å². The largest absolute Gasteiger partial charge is 0.477 e. The number of hydrogen-bond acceptors (Lipinski definition) is 5.